The number of sulfonamides is 1. The van der Waals surface area contributed by atoms with Crippen molar-refractivity contribution in [1.29, 1.82) is 0 Å². The fourth-order valence-corrected chi connectivity index (χ4v) is 5.01. The molecule has 3 aromatic carbocycles. The number of nitrogens with one attached hydrogen (secondary N) is 1. The molecule has 0 bridgehead atoms. The Morgan fingerprint density at radius 2 is 1.58 bits per heavy atom. The van der Waals surface area contributed by atoms with Crippen LogP contribution in [-0.4, -0.2) is 52.5 Å². The second kappa shape index (κ2) is 9.08. The fraction of sp³-hybridized carbons (Fsp3) is 0.292. The Morgan fingerprint density at radius 3 is 2.32 bits per heavy atom. The van der Waals surface area contributed by atoms with Gasteiger partial charge in [-0.05, 0) is 41.9 Å². The molecular formula is C24H27N3O3S. The number of carbonyl (C=O) groups is 1. The van der Waals surface area contributed by atoms with Gasteiger partial charge in [-0.15, -0.1) is 0 Å². The summed E-state index contributed by atoms with van der Waals surface area (Å²) in [6.07, 6.45) is 1.19. The van der Waals surface area contributed by atoms with Crippen molar-refractivity contribution in [2.75, 3.05) is 38.1 Å². The van der Waals surface area contributed by atoms with Gasteiger partial charge < -0.3 is 9.80 Å². The van der Waals surface area contributed by atoms with Crippen LogP contribution in [0.15, 0.2) is 71.6 Å². The van der Waals surface area contributed by atoms with Crippen molar-refractivity contribution in [3.8, 4) is 0 Å². The van der Waals surface area contributed by atoms with E-state index < -0.39 is 10.0 Å². The molecule has 1 amide bonds. The van der Waals surface area contributed by atoms with E-state index in [9.17, 15) is 13.2 Å². The van der Waals surface area contributed by atoms with E-state index in [1.165, 1.54) is 17.8 Å². The quantitative estimate of drug-likeness (QED) is 0.644. The van der Waals surface area contributed by atoms with Gasteiger partial charge in [-0.1, -0.05) is 54.6 Å². The summed E-state index contributed by atoms with van der Waals surface area (Å²) in [6, 6.07) is 21.6. The molecule has 1 aliphatic rings. The molecule has 0 radical (unpaired) electrons. The van der Waals surface area contributed by atoms with E-state index in [1.807, 2.05) is 34.1 Å². The van der Waals surface area contributed by atoms with E-state index in [1.54, 1.807) is 12.1 Å². The molecule has 0 aliphatic carbocycles. The molecule has 162 valence electrons. The zero-order chi connectivity index (χ0) is 21.8. The number of amides is 1. The molecule has 1 heterocycles. The highest BCUT2D eigenvalue weighted by Crippen LogP contribution is 2.26. The van der Waals surface area contributed by atoms with E-state index >= 15 is 0 Å². The first-order valence-electron chi connectivity index (χ1n) is 10.5. The molecule has 1 saturated heterocycles. The lowest BCUT2D eigenvalue weighted by Crippen LogP contribution is -2.49. The van der Waals surface area contributed by atoms with Gasteiger partial charge in [0.1, 0.15) is 4.90 Å². The van der Waals surface area contributed by atoms with Crippen LogP contribution in [0.2, 0.25) is 0 Å². The SMILES string of the molecule is CNS(=O)(=O)c1ccccc1N1CCN(C(=O)CCc2ccc3ccccc3c2)CC1. The second-order valence-electron chi connectivity index (χ2n) is 7.72. The van der Waals surface area contributed by atoms with Gasteiger partial charge in [0, 0.05) is 32.6 Å². The van der Waals surface area contributed by atoms with Crippen LogP contribution in [0.5, 0.6) is 0 Å². The molecule has 1 N–H and O–H groups in total. The summed E-state index contributed by atoms with van der Waals surface area (Å²) in [5.41, 5.74) is 1.84. The molecule has 0 aromatic heterocycles. The molecule has 0 atom stereocenters. The van der Waals surface area contributed by atoms with Gasteiger partial charge in [-0.25, -0.2) is 13.1 Å². The number of piperazine rings is 1. The van der Waals surface area contributed by atoms with E-state index in [2.05, 4.69) is 35.1 Å². The third-order valence-corrected chi connectivity index (χ3v) is 7.30. The molecule has 0 saturated carbocycles. The molecule has 31 heavy (non-hydrogen) atoms. The third-order valence-electron chi connectivity index (χ3n) is 5.84. The number of carbonyl (C=O) groups excluding carboxylic acids is 1. The van der Waals surface area contributed by atoms with Crippen LogP contribution in [0.1, 0.15) is 12.0 Å². The largest absolute Gasteiger partial charge is 0.367 e. The Morgan fingerprint density at radius 1 is 0.903 bits per heavy atom. The predicted octanol–water partition coefficient (Wildman–Crippen LogP) is 3.03. The zero-order valence-corrected chi connectivity index (χ0v) is 18.4. The number of rotatable bonds is 6. The summed E-state index contributed by atoms with van der Waals surface area (Å²) >= 11 is 0. The summed E-state index contributed by atoms with van der Waals surface area (Å²) in [7, 11) is -2.12. The minimum Gasteiger partial charge on any atom is -0.367 e. The van der Waals surface area contributed by atoms with Crippen LogP contribution >= 0.6 is 0 Å². The molecule has 7 heteroatoms. The minimum atomic E-state index is -3.54. The maximum absolute atomic E-state index is 12.8. The van der Waals surface area contributed by atoms with Crippen molar-refractivity contribution < 1.29 is 13.2 Å². The smallest absolute Gasteiger partial charge is 0.242 e. The van der Waals surface area contributed by atoms with E-state index in [4.69, 9.17) is 0 Å². The van der Waals surface area contributed by atoms with Gasteiger partial charge in [0.2, 0.25) is 15.9 Å². The fourth-order valence-electron chi connectivity index (χ4n) is 4.06. The Kier molecular flexibility index (Phi) is 6.25. The van der Waals surface area contributed by atoms with E-state index in [0.717, 1.165) is 5.56 Å². The monoisotopic (exact) mass is 437 g/mol. The van der Waals surface area contributed by atoms with Gasteiger partial charge in [-0.2, -0.15) is 0 Å². The van der Waals surface area contributed by atoms with Gasteiger partial charge in [-0.3, -0.25) is 4.79 Å². The Labute approximate surface area is 183 Å². The molecular weight excluding hydrogens is 410 g/mol. The predicted molar refractivity (Wildman–Crippen MR) is 124 cm³/mol. The first-order chi connectivity index (χ1) is 15.0. The maximum atomic E-state index is 12.8. The summed E-state index contributed by atoms with van der Waals surface area (Å²) < 4.78 is 27.1. The average Bonchev–Trinajstić information content (AvgIpc) is 2.82. The van der Waals surface area contributed by atoms with Crippen LogP contribution in [0.4, 0.5) is 5.69 Å². The number of fused-ring (bicyclic) bond motifs is 1. The molecule has 6 nitrogen and oxygen atoms in total. The third kappa shape index (κ3) is 4.73. The van der Waals surface area contributed by atoms with Crippen LogP contribution in [-0.2, 0) is 21.2 Å². The summed E-state index contributed by atoms with van der Waals surface area (Å²) in [4.78, 5) is 16.9. The molecule has 1 aliphatic heterocycles. The van der Waals surface area contributed by atoms with Crippen molar-refractivity contribution in [2.45, 2.75) is 17.7 Å². The molecule has 1 fully saturated rings. The normalized spacial score (nSPS) is 14.7. The number of hydrogen-bond donors (Lipinski definition) is 1. The minimum absolute atomic E-state index is 0.143. The summed E-state index contributed by atoms with van der Waals surface area (Å²) in [6.45, 7) is 2.39. The van der Waals surface area contributed by atoms with Crippen molar-refractivity contribution >= 4 is 32.4 Å². The van der Waals surface area contributed by atoms with Crippen LogP contribution < -0.4 is 9.62 Å². The highest BCUT2D eigenvalue weighted by molar-refractivity contribution is 7.89. The Hall–Kier alpha value is -2.90. The number of para-hydroxylation sites is 1. The standard InChI is InChI=1S/C24H27N3O3S/c1-25-31(29,30)23-9-5-4-8-22(23)26-14-16-27(17-15-26)24(28)13-11-19-10-12-20-6-2-3-7-21(20)18-19/h2-10,12,18,25H,11,13-17H2,1H3. The topological polar surface area (TPSA) is 69.7 Å². The van der Waals surface area contributed by atoms with E-state index in [-0.39, 0.29) is 10.8 Å². The number of benzene rings is 3. The summed E-state index contributed by atoms with van der Waals surface area (Å²) in [5.74, 6) is 0.143. The van der Waals surface area contributed by atoms with Crippen molar-refractivity contribution in [3.63, 3.8) is 0 Å². The second-order valence-corrected chi connectivity index (χ2v) is 9.58. The Bertz CT molecular complexity index is 1190. The van der Waals surface area contributed by atoms with Crippen LogP contribution in [0.25, 0.3) is 10.8 Å². The molecule has 0 unspecified atom stereocenters. The maximum Gasteiger partial charge on any atom is 0.242 e. The number of hydrogen-bond acceptors (Lipinski definition) is 4. The average molecular weight is 438 g/mol. The first-order valence-corrected chi connectivity index (χ1v) is 12.0. The van der Waals surface area contributed by atoms with Crippen LogP contribution in [0.3, 0.4) is 0 Å². The van der Waals surface area contributed by atoms with Crippen molar-refractivity contribution in [3.05, 3.63) is 72.3 Å². The lowest BCUT2D eigenvalue weighted by Gasteiger charge is -2.37. The Balaban J connectivity index is 1.36. The number of anilines is 1. The molecule has 4 rings (SSSR count). The number of nitrogens with zero attached hydrogens (tertiary/aromatic N) is 2. The van der Waals surface area contributed by atoms with Gasteiger partial charge in [0.05, 0.1) is 5.69 Å². The van der Waals surface area contributed by atoms with Crippen LogP contribution in [0, 0.1) is 0 Å². The van der Waals surface area contributed by atoms with Gasteiger partial charge >= 0.3 is 0 Å². The van der Waals surface area contributed by atoms with Crippen molar-refractivity contribution in [1.82, 2.24) is 9.62 Å². The van der Waals surface area contributed by atoms with Gasteiger partial charge in [0.15, 0.2) is 0 Å². The van der Waals surface area contributed by atoms with Gasteiger partial charge in [0.25, 0.3) is 0 Å². The van der Waals surface area contributed by atoms with E-state index in [0.29, 0.717) is 44.7 Å². The first kappa shape index (κ1) is 21.3. The highest BCUT2D eigenvalue weighted by Gasteiger charge is 2.25. The number of aryl methyl sites for hydroxylation is 1. The van der Waals surface area contributed by atoms with Crippen molar-refractivity contribution in [2.24, 2.45) is 0 Å². The lowest BCUT2D eigenvalue weighted by atomic mass is 10.0. The molecule has 3 aromatic rings. The molecule has 0 spiro atoms. The highest BCUT2D eigenvalue weighted by atomic mass is 32.2. The lowest BCUT2D eigenvalue weighted by molar-refractivity contribution is -0.131. The zero-order valence-electron chi connectivity index (χ0n) is 17.6. The summed E-state index contributed by atoms with van der Waals surface area (Å²) in [5, 5.41) is 2.39.